The summed E-state index contributed by atoms with van der Waals surface area (Å²) in [5.74, 6) is -0.0257. The van der Waals surface area contributed by atoms with Gasteiger partial charge in [-0.15, -0.1) is 0 Å². The number of amides is 1. The van der Waals surface area contributed by atoms with Crippen LogP contribution in [0.1, 0.15) is 135 Å². The Labute approximate surface area is 218 Å². The number of rotatable bonds is 21. The summed E-state index contributed by atoms with van der Waals surface area (Å²) in [4.78, 5) is 12.1. The van der Waals surface area contributed by atoms with E-state index in [-0.39, 0.29) is 5.91 Å². The van der Waals surface area contributed by atoms with E-state index in [1.165, 1.54) is 109 Å². The summed E-state index contributed by atoms with van der Waals surface area (Å²) in [7, 11) is 0. The molecule has 0 radical (unpaired) electrons. The molecule has 2 nitrogen and oxygen atoms in total. The maximum atomic E-state index is 12.1. The van der Waals surface area contributed by atoms with Gasteiger partial charge in [-0.2, -0.15) is 0 Å². The average molecular weight is 519 g/mol. The molecule has 0 aliphatic carbocycles. The lowest BCUT2D eigenvalue weighted by molar-refractivity contribution is -0.116. The van der Waals surface area contributed by atoms with E-state index in [0.717, 1.165) is 12.8 Å². The maximum Gasteiger partial charge on any atom is 0.224 e. The molecular weight excluding hydrogens is 473 g/mol. The lowest BCUT2D eigenvalue weighted by Crippen LogP contribution is -2.11. The lowest BCUT2D eigenvalue weighted by atomic mass is 10.0. The SMILES string of the molecule is CCCCCCCCCCCCCCCCCCCCCC(=O)Nc1cc(Cl)c(Cl)cc1Cl. The minimum atomic E-state index is -0.0257. The molecule has 0 atom stereocenters. The lowest BCUT2D eigenvalue weighted by Gasteiger charge is -2.09. The molecule has 0 heterocycles. The molecule has 1 amide bonds. The van der Waals surface area contributed by atoms with Crippen LogP contribution in [-0.4, -0.2) is 5.91 Å². The van der Waals surface area contributed by atoms with E-state index < -0.39 is 0 Å². The number of nitrogens with one attached hydrogen (secondary N) is 1. The van der Waals surface area contributed by atoms with Gasteiger partial charge in [0.2, 0.25) is 5.91 Å². The number of carbonyl (C=O) groups is 1. The number of benzene rings is 1. The van der Waals surface area contributed by atoms with Crippen LogP contribution < -0.4 is 5.32 Å². The first kappa shape index (κ1) is 30.6. The molecule has 0 saturated heterocycles. The fraction of sp³-hybridized carbons (Fsp3) is 0.750. The third-order valence-corrected chi connectivity index (χ3v) is 7.33. The van der Waals surface area contributed by atoms with Crippen LogP contribution in [0.15, 0.2) is 12.1 Å². The standard InChI is InChI=1S/C28H46Cl3NO/c1-2-3-4-5-6-7-8-9-10-11-12-13-14-15-16-17-18-19-20-21-28(33)32-27-23-25(30)24(29)22-26(27)31/h22-23H,2-21H2,1H3,(H,32,33). The fourth-order valence-electron chi connectivity index (χ4n) is 4.20. The monoisotopic (exact) mass is 517 g/mol. The second-order valence-corrected chi connectivity index (χ2v) is 10.6. The van der Waals surface area contributed by atoms with Gasteiger partial charge >= 0.3 is 0 Å². The largest absolute Gasteiger partial charge is 0.325 e. The van der Waals surface area contributed by atoms with Crippen LogP contribution in [0.5, 0.6) is 0 Å². The zero-order chi connectivity index (χ0) is 24.2. The van der Waals surface area contributed by atoms with Gasteiger partial charge in [-0.05, 0) is 18.6 Å². The summed E-state index contributed by atoms with van der Waals surface area (Å²) in [6.07, 6.45) is 26.1. The van der Waals surface area contributed by atoms with E-state index in [1.807, 2.05) is 0 Å². The summed E-state index contributed by atoms with van der Waals surface area (Å²) in [6.45, 7) is 2.28. The molecule has 33 heavy (non-hydrogen) atoms. The summed E-state index contributed by atoms with van der Waals surface area (Å²) in [5, 5.41) is 4.01. The molecule has 1 N–H and O–H groups in total. The van der Waals surface area contributed by atoms with Gasteiger partial charge in [-0.3, -0.25) is 4.79 Å². The minimum absolute atomic E-state index is 0.0257. The van der Waals surface area contributed by atoms with E-state index in [2.05, 4.69) is 12.2 Å². The highest BCUT2D eigenvalue weighted by molar-refractivity contribution is 6.44. The van der Waals surface area contributed by atoms with Crippen LogP contribution in [0.25, 0.3) is 0 Å². The molecule has 5 heteroatoms. The molecule has 0 bridgehead atoms. The van der Waals surface area contributed by atoms with Crippen LogP contribution in [0, 0.1) is 0 Å². The Morgan fingerprint density at radius 3 is 1.36 bits per heavy atom. The van der Waals surface area contributed by atoms with Gasteiger partial charge < -0.3 is 5.32 Å². The Morgan fingerprint density at radius 2 is 0.939 bits per heavy atom. The van der Waals surface area contributed by atoms with Gasteiger partial charge in [-0.1, -0.05) is 157 Å². The molecule has 0 aromatic heterocycles. The van der Waals surface area contributed by atoms with Crippen molar-refractivity contribution in [1.82, 2.24) is 0 Å². The van der Waals surface area contributed by atoms with Gasteiger partial charge in [0.15, 0.2) is 0 Å². The van der Waals surface area contributed by atoms with Crippen molar-refractivity contribution in [3.63, 3.8) is 0 Å². The molecule has 0 spiro atoms. The maximum absolute atomic E-state index is 12.1. The molecule has 0 fully saturated rings. The van der Waals surface area contributed by atoms with E-state index in [9.17, 15) is 4.79 Å². The van der Waals surface area contributed by atoms with Crippen molar-refractivity contribution in [3.05, 3.63) is 27.2 Å². The quantitative estimate of drug-likeness (QED) is 0.127. The molecule has 1 aromatic rings. The van der Waals surface area contributed by atoms with Crippen molar-refractivity contribution in [3.8, 4) is 0 Å². The van der Waals surface area contributed by atoms with Crippen molar-refractivity contribution in [2.75, 3.05) is 5.32 Å². The van der Waals surface area contributed by atoms with Gasteiger partial charge in [0.25, 0.3) is 0 Å². The first-order valence-electron chi connectivity index (χ1n) is 13.5. The second-order valence-electron chi connectivity index (χ2n) is 9.41. The third-order valence-electron chi connectivity index (χ3n) is 6.29. The molecule has 190 valence electrons. The molecule has 1 aromatic carbocycles. The molecule has 0 unspecified atom stereocenters. The molecule has 1 rings (SSSR count). The number of hydrogen-bond donors (Lipinski definition) is 1. The molecule has 0 saturated carbocycles. The van der Waals surface area contributed by atoms with Crippen molar-refractivity contribution < 1.29 is 4.79 Å². The Balaban J connectivity index is 1.83. The van der Waals surface area contributed by atoms with Crippen LogP contribution >= 0.6 is 34.8 Å². The highest BCUT2D eigenvalue weighted by Crippen LogP contribution is 2.32. The molecule has 0 aliphatic rings. The van der Waals surface area contributed by atoms with Crippen LogP contribution in [0.4, 0.5) is 5.69 Å². The normalized spacial score (nSPS) is 11.2. The van der Waals surface area contributed by atoms with E-state index in [4.69, 9.17) is 34.8 Å². The smallest absolute Gasteiger partial charge is 0.224 e. The van der Waals surface area contributed by atoms with Gasteiger partial charge in [0.05, 0.1) is 20.8 Å². The fourth-order valence-corrected chi connectivity index (χ4v) is 4.79. The van der Waals surface area contributed by atoms with Gasteiger partial charge in [0, 0.05) is 6.42 Å². The number of anilines is 1. The summed E-state index contributed by atoms with van der Waals surface area (Å²) < 4.78 is 0. The summed E-state index contributed by atoms with van der Waals surface area (Å²) in [6, 6.07) is 3.15. The zero-order valence-electron chi connectivity index (χ0n) is 20.8. The van der Waals surface area contributed by atoms with E-state index in [0.29, 0.717) is 27.2 Å². The summed E-state index contributed by atoms with van der Waals surface area (Å²) in [5.41, 5.74) is 0.522. The highest BCUT2D eigenvalue weighted by Gasteiger charge is 2.09. The van der Waals surface area contributed by atoms with Crippen LogP contribution in [0.3, 0.4) is 0 Å². The average Bonchev–Trinajstić information content (AvgIpc) is 2.79. The van der Waals surface area contributed by atoms with Crippen molar-refractivity contribution in [1.29, 1.82) is 0 Å². The number of hydrogen-bond acceptors (Lipinski definition) is 1. The highest BCUT2D eigenvalue weighted by atomic mass is 35.5. The Bertz CT molecular complexity index is 636. The Kier molecular flexibility index (Phi) is 19.4. The number of halogens is 3. The van der Waals surface area contributed by atoms with Crippen LogP contribution in [-0.2, 0) is 4.79 Å². The Hall–Kier alpha value is -0.440. The van der Waals surface area contributed by atoms with Crippen LogP contribution in [0.2, 0.25) is 15.1 Å². The minimum Gasteiger partial charge on any atom is -0.325 e. The summed E-state index contributed by atoms with van der Waals surface area (Å²) >= 11 is 18.0. The second kappa shape index (κ2) is 20.9. The predicted molar refractivity (Wildman–Crippen MR) is 148 cm³/mol. The van der Waals surface area contributed by atoms with E-state index in [1.54, 1.807) is 12.1 Å². The van der Waals surface area contributed by atoms with Gasteiger partial charge in [-0.25, -0.2) is 0 Å². The predicted octanol–water partition coefficient (Wildman–Crippen LogP) is 11.4. The molecule has 0 aliphatic heterocycles. The Morgan fingerprint density at radius 1 is 0.576 bits per heavy atom. The first-order valence-corrected chi connectivity index (χ1v) is 14.6. The van der Waals surface area contributed by atoms with Crippen molar-refractivity contribution >= 4 is 46.4 Å². The van der Waals surface area contributed by atoms with E-state index >= 15 is 0 Å². The topological polar surface area (TPSA) is 29.1 Å². The zero-order valence-corrected chi connectivity index (χ0v) is 23.1. The molecular formula is C28H46Cl3NO. The number of carbonyl (C=O) groups excluding carboxylic acids is 1. The number of unbranched alkanes of at least 4 members (excludes halogenated alkanes) is 18. The van der Waals surface area contributed by atoms with Gasteiger partial charge in [0.1, 0.15) is 0 Å². The van der Waals surface area contributed by atoms with Crippen molar-refractivity contribution in [2.24, 2.45) is 0 Å². The third kappa shape index (κ3) is 16.8. The first-order chi connectivity index (χ1) is 16.0. The van der Waals surface area contributed by atoms with Crippen molar-refractivity contribution in [2.45, 2.75) is 135 Å².